The molecular formula is C24H25BrN2O3. The molecule has 2 aromatic carbocycles. The molecule has 0 aliphatic rings. The molecule has 30 heavy (non-hydrogen) atoms. The number of hydrogen-bond donors (Lipinski definition) is 0. The Morgan fingerprint density at radius 3 is 2.33 bits per heavy atom. The molecule has 156 valence electrons. The van der Waals surface area contributed by atoms with Crippen LogP contribution >= 0.6 is 15.9 Å². The van der Waals surface area contributed by atoms with Gasteiger partial charge in [-0.15, -0.1) is 0 Å². The van der Waals surface area contributed by atoms with Crippen LogP contribution in [0.3, 0.4) is 0 Å². The van der Waals surface area contributed by atoms with Crippen molar-refractivity contribution in [1.29, 1.82) is 0 Å². The number of hydrogen-bond acceptors (Lipinski definition) is 4. The van der Waals surface area contributed by atoms with Crippen LogP contribution in [0.15, 0.2) is 77.4 Å². The van der Waals surface area contributed by atoms with Gasteiger partial charge in [0.2, 0.25) is 5.91 Å². The lowest BCUT2D eigenvalue weighted by Crippen LogP contribution is -2.30. The van der Waals surface area contributed by atoms with Crippen molar-refractivity contribution in [2.75, 3.05) is 18.1 Å². The third kappa shape index (κ3) is 6.32. The summed E-state index contributed by atoms with van der Waals surface area (Å²) in [5.74, 6) is 1.45. The summed E-state index contributed by atoms with van der Waals surface area (Å²) < 4.78 is 12.4. The lowest BCUT2D eigenvalue weighted by atomic mass is 10.2. The minimum absolute atomic E-state index is 0.0321. The average Bonchev–Trinajstić information content (AvgIpc) is 2.77. The normalized spacial score (nSPS) is 10.5. The van der Waals surface area contributed by atoms with Gasteiger partial charge in [-0.3, -0.25) is 9.78 Å². The largest absolute Gasteiger partial charge is 0.490 e. The van der Waals surface area contributed by atoms with E-state index in [1.54, 1.807) is 11.1 Å². The number of pyridine rings is 1. The van der Waals surface area contributed by atoms with Crippen molar-refractivity contribution < 1.29 is 14.3 Å². The van der Waals surface area contributed by atoms with Crippen molar-refractivity contribution in [3.63, 3.8) is 0 Å². The van der Waals surface area contributed by atoms with Crippen molar-refractivity contribution in [2.45, 2.75) is 26.3 Å². The van der Waals surface area contributed by atoms with Crippen LogP contribution in [0, 0.1) is 0 Å². The fourth-order valence-corrected chi connectivity index (χ4v) is 3.25. The van der Waals surface area contributed by atoms with E-state index < -0.39 is 0 Å². The highest BCUT2D eigenvalue weighted by Gasteiger charge is 2.17. The van der Waals surface area contributed by atoms with E-state index in [0.717, 1.165) is 21.6 Å². The summed E-state index contributed by atoms with van der Waals surface area (Å²) in [6, 6.07) is 21.0. The Labute approximate surface area is 185 Å². The topological polar surface area (TPSA) is 51.7 Å². The quantitative estimate of drug-likeness (QED) is 0.361. The lowest BCUT2D eigenvalue weighted by Gasteiger charge is -2.23. The molecule has 0 atom stereocenters. The van der Waals surface area contributed by atoms with Gasteiger partial charge in [0.15, 0.2) is 11.5 Å². The molecule has 3 aromatic rings. The molecule has 6 heteroatoms. The van der Waals surface area contributed by atoms with Gasteiger partial charge in [-0.05, 0) is 61.9 Å². The van der Waals surface area contributed by atoms with Gasteiger partial charge in [0.05, 0.1) is 25.5 Å². The van der Waals surface area contributed by atoms with Crippen LogP contribution in [0.4, 0.5) is 5.69 Å². The fraction of sp³-hybridized carbons (Fsp3) is 0.250. The van der Waals surface area contributed by atoms with Gasteiger partial charge < -0.3 is 14.4 Å². The van der Waals surface area contributed by atoms with Crippen LogP contribution in [0.2, 0.25) is 0 Å². The number of carbonyl (C=O) groups is 1. The number of anilines is 1. The minimum Gasteiger partial charge on any atom is -0.490 e. The standard InChI is InChI=1S/C24H25BrN2O3/c1-2-29-22-9-3-4-10-23(22)30-17-7-11-24(28)27(18-20-8-5-6-16-26-20)21-14-12-19(25)13-15-21/h3-6,8-10,12-16H,2,7,11,17-18H2,1H3. The summed E-state index contributed by atoms with van der Waals surface area (Å²) in [7, 11) is 0. The molecule has 0 aliphatic carbocycles. The number of halogens is 1. The zero-order valence-electron chi connectivity index (χ0n) is 17.0. The van der Waals surface area contributed by atoms with Crippen LogP contribution in [0.1, 0.15) is 25.5 Å². The molecule has 0 unspecified atom stereocenters. The molecule has 0 radical (unpaired) electrons. The Bertz CT molecular complexity index is 933. The van der Waals surface area contributed by atoms with E-state index in [0.29, 0.717) is 38.3 Å². The first-order chi connectivity index (χ1) is 14.7. The Kier molecular flexibility index (Phi) is 8.27. The highest BCUT2D eigenvalue weighted by Crippen LogP contribution is 2.27. The van der Waals surface area contributed by atoms with Gasteiger partial charge in [0.1, 0.15) is 0 Å². The number of amides is 1. The monoisotopic (exact) mass is 468 g/mol. The molecule has 0 spiro atoms. The van der Waals surface area contributed by atoms with E-state index in [-0.39, 0.29) is 5.91 Å². The summed E-state index contributed by atoms with van der Waals surface area (Å²) in [6.45, 7) is 3.38. The molecule has 0 N–H and O–H groups in total. The third-order valence-electron chi connectivity index (χ3n) is 4.43. The zero-order valence-corrected chi connectivity index (χ0v) is 18.5. The third-order valence-corrected chi connectivity index (χ3v) is 4.96. The second-order valence-corrected chi connectivity index (χ2v) is 7.52. The Morgan fingerprint density at radius 1 is 0.967 bits per heavy atom. The van der Waals surface area contributed by atoms with Gasteiger partial charge >= 0.3 is 0 Å². The van der Waals surface area contributed by atoms with E-state index in [1.165, 1.54) is 0 Å². The van der Waals surface area contributed by atoms with Crippen molar-refractivity contribution in [2.24, 2.45) is 0 Å². The molecule has 3 rings (SSSR count). The zero-order chi connectivity index (χ0) is 21.2. The second kappa shape index (κ2) is 11.4. The predicted molar refractivity (Wildman–Crippen MR) is 122 cm³/mol. The van der Waals surface area contributed by atoms with Gasteiger partial charge in [0, 0.05) is 22.8 Å². The van der Waals surface area contributed by atoms with Crippen LogP contribution in [-0.2, 0) is 11.3 Å². The van der Waals surface area contributed by atoms with E-state index in [9.17, 15) is 4.79 Å². The molecule has 0 aliphatic heterocycles. The number of ether oxygens (including phenoxy) is 2. The average molecular weight is 469 g/mol. The second-order valence-electron chi connectivity index (χ2n) is 6.61. The van der Waals surface area contributed by atoms with E-state index in [4.69, 9.17) is 9.47 Å². The highest BCUT2D eigenvalue weighted by atomic mass is 79.9. The van der Waals surface area contributed by atoms with E-state index >= 15 is 0 Å². The number of benzene rings is 2. The van der Waals surface area contributed by atoms with Gasteiger partial charge in [0.25, 0.3) is 0 Å². The summed E-state index contributed by atoms with van der Waals surface area (Å²) in [5.41, 5.74) is 1.69. The molecule has 1 heterocycles. The van der Waals surface area contributed by atoms with Crippen molar-refractivity contribution in [3.05, 3.63) is 83.1 Å². The van der Waals surface area contributed by atoms with Crippen LogP contribution < -0.4 is 14.4 Å². The molecule has 0 saturated carbocycles. The smallest absolute Gasteiger partial charge is 0.227 e. The van der Waals surface area contributed by atoms with Gasteiger partial charge in [-0.2, -0.15) is 0 Å². The Balaban J connectivity index is 1.61. The molecule has 0 saturated heterocycles. The summed E-state index contributed by atoms with van der Waals surface area (Å²) >= 11 is 3.45. The maximum absolute atomic E-state index is 13.0. The molecule has 1 aromatic heterocycles. The number of nitrogens with zero attached hydrogens (tertiary/aromatic N) is 2. The van der Waals surface area contributed by atoms with Gasteiger partial charge in [-0.1, -0.05) is 34.1 Å². The minimum atomic E-state index is 0.0321. The lowest BCUT2D eigenvalue weighted by molar-refractivity contribution is -0.119. The van der Waals surface area contributed by atoms with Crippen molar-refractivity contribution in [1.82, 2.24) is 4.98 Å². The highest BCUT2D eigenvalue weighted by molar-refractivity contribution is 9.10. The first-order valence-electron chi connectivity index (χ1n) is 9.98. The summed E-state index contributed by atoms with van der Waals surface area (Å²) in [4.78, 5) is 19.2. The van der Waals surface area contributed by atoms with Gasteiger partial charge in [-0.25, -0.2) is 0 Å². The molecule has 1 amide bonds. The van der Waals surface area contributed by atoms with E-state index in [1.807, 2.05) is 73.7 Å². The Morgan fingerprint density at radius 2 is 1.67 bits per heavy atom. The number of carbonyl (C=O) groups excluding carboxylic acids is 1. The Hall–Kier alpha value is -2.86. The number of aromatic nitrogens is 1. The van der Waals surface area contributed by atoms with E-state index in [2.05, 4.69) is 20.9 Å². The number of rotatable bonds is 10. The van der Waals surface area contributed by atoms with Crippen molar-refractivity contribution >= 4 is 27.5 Å². The molecule has 0 fully saturated rings. The van der Waals surface area contributed by atoms with Crippen molar-refractivity contribution in [3.8, 4) is 11.5 Å². The summed E-state index contributed by atoms with van der Waals surface area (Å²) in [6.07, 6.45) is 2.72. The first-order valence-corrected chi connectivity index (χ1v) is 10.8. The summed E-state index contributed by atoms with van der Waals surface area (Å²) in [5, 5.41) is 0. The van der Waals surface area contributed by atoms with Crippen LogP contribution in [0.5, 0.6) is 11.5 Å². The predicted octanol–water partition coefficient (Wildman–Crippen LogP) is 5.64. The van der Waals surface area contributed by atoms with Crippen LogP contribution in [-0.4, -0.2) is 24.1 Å². The maximum Gasteiger partial charge on any atom is 0.227 e. The van der Waals surface area contributed by atoms with Crippen LogP contribution in [0.25, 0.3) is 0 Å². The maximum atomic E-state index is 13.0. The number of para-hydroxylation sites is 2. The molecular weight excluding hydrogens is 444 g/mol. The fourth-order valence-electron chi connectivity index (χ4n) is 2.98. The molecule has 0 bridgehead atoms. The molecule has 5 nitrogen and oxygen atoms in total. The first kappa shape index (κ1) is 21.8. The SMILES string of the molecule is CCOc1ccccc1OCCCC(=O)N(Cc1ccccn1)c1ccc(Br)cc1.